The number of hydrogen-bond donors (Lipinski definition) is 4. The van der Waals surface area contributed by atoms with Crippen LogP contribution in [0.1, 0.15) is 51.4 Å². The second-order valence-electron chi connectivity index (χ2n) is 8.30. The van der Waals surface area contributed by atoms with Gasteiger partial charge in [0.25, 0.3) is 6.43 Å². The molecule has 0 aliphatic heterocycles. The van der Waals surface area contributed by atoms with E-state index in [1.165, 1.54) is 16.5 Å². The lowest BCUT2D eigenvalue weighted by Gasteiger charge is -2.20. The Bertz CT molecular complexity index is 1340. The molecule has 1 aliphatic carbocycles. The monoisotopic (exact) mass is 660 g/mol. The van der Waals surface area contributed by atoms with E-state index >= 15 is 0 Å². The van der Waals surface area contributed by atoms with E-state index in [-0.39, 0.29) is 35.2 Å². The highest BCUT2D eigenvalue weighted by Crippen LogP contribution is 2.41. The number of hydrogen-bond acceptors (Lipinski definition) is 8. The summed E-state index contributed by atoms with van der Waals surface area (Å²) in [6.45, 7) is 5.78. The number of nitrogens with one attached hydrogen (secondary N) is 2. The first kappa shape index (κ1) is 29.8. The van der Waals surface area contributed by atoms with Gasteiger partial charge in [-0.2, -0.15) is 0 Å². The van der Waals surface area contributed by atoms with Gasteiger partial charge >= 0.3 is 0 Å². The number of nitrogens with two attached hydrogens (primary N) is 2. The highest BCUT2D eigenvalue weighted by molar-refractivity contribution is 14.2. The Morgan fingerprint density at radius 3 is 2.53 bits per heavy atom. The molecule has 2 aromatic heterocycles. The number of alkyl halides is 2. The van der Waals surface area contributed by atoms with E-state index in [4.69, 9.17) is 16.3 Å². The number of pyridine rings is 1. The number of carbonyl (C=O) groups is 1. The van der Waals surface area contributed by atoms with Crippen LogP contribution in [0.5, 0.6) is 5.75 Å². The van der Waals surface area contributed by atoms with Crippen molar-refractivity contribution in [2.45, 2.75) is 40.0 Å². The molecule has 1 atom stereocenters. The average Bonchev–Trinajstić information content (AvgIpc) is 3.69. The number of ether oxygens (including phenoxy) is 1. The van der Waals surface area contributed by atoms with Gasteiger partial charge in [-0.15, -0.1) is 0 Å². The molecule has 206 valence electrons. The fraction of sp³-hybridized carbons (Fsp3) is 0.375. The van der Waals surface area contributed by atoms with E-state index in [1.807, 2.05) is 35.9 Å². The number of aromatic nitrogens is 3. The quantitative estimate of drug-likeness (QED) is 0.0988. The van der Waals surface area contributed by atoms with Crippen molar-refractivity contribution >= 4 is 68.4 Å². The van der Waals surface area contributed by atoms with Crippen LogP contribution in [-0.4, -0.2) is 39.4 Å². The van der Waals surface area contributed by atoms with Gasteiger partial charge in [0.1, 0.15) is 11.3 Å². The largest absolute Gasteiger partial charge is 0.494 e. The SMILES string of the molecule is CC.COc1c(Nc2cc(NC(=O)C3CC3)nc3c2nc(C(F)F)n3PI)cccc1/C(N)=C(\C)N(C)N. The number of hydrazine groups is 1. The Morgan fingerprint density at radius 2 is 1.97 bits per heavy atom. The maximum absolute atomic E-state index is 13.8. The Balaban J connectivity index is 0.00000195. The number of fused-ring (bicyclic) bond motifs is 1. The molecule has 1 aliphatic rings. The smallest absolute Gasteiger partial charge is 0.295 e. The number of halogens is 3. The van der Waals surface area contributed by atoms with E-state index in [0.29, 0.717) is 34.1 Å². The minimum atomic E-state index is -2.79. The van der Waals surface area contributed by atoms with Crippen molar-refractivity contribution < 1.29 is 18.3 Å². The number of allylic oxidation sites excluding steroid dienone is 1. The second-order valence-corrected chi connectivity index (χ2v) is 10.4. The van der Waals surface area contributed by atoms with Gasteiger partial charge in [-0.1, -0.05) is 19.9 Å². The van der Waals surface area contributed by atoms with E-state index in [2.05, 4.69) is 20.6 Å². The zero-order chi connectivity index (χ0) is 28.1. The summed E-state index contributed by atoms with van der Waals surface area (Å²) in [6.07, 6.45) is -1.23. The first-order chi connectivity index (χ1) is 18.2. The van der Waals surface area contributed by atoms with Crippen LogP contribution in [0.3, 0.4) is 0 Å². The van der Waals surface area contributed by atoms with Crippen molar-refractivity contribution in [2.75, 3.05) is 24.8 Å². The summed E-state index contributed by atoms with van der Waals surface area (Å²) < 4.78 is 34.6. The summed E-state index contributed by atoms with van der Waals surface area (Å²) in [5.41, 5.74) is 9.37. The summed E-state index contributed by atoms with van der Waals surface area (Å²) in [7, 11) is 3.18. The zero-order valence-corrected chi connectivity index (χ0v) is 24.9. The molecule has 4 rings (SSSR count). The minimum absolute atomic E-state index is 0.0534. The Labute approximate surface area is 234 Å². The standard InChI is InChI=1S/C22H26F2IN8O2P.C2H6/c1-10(32(2)27)16(26)12-5-4-6-13(18(12)35-3)28-14-9-15(30-22(34)11-7-8-11)29-20-17(14)31-21(19(23)24)33(20)36-25;1-2/h4-6,9,11,19,36H,7-8,26-27H2,1-3H3,(H2,28,29,30,34);1-2H3/b16-10-;. The van der Waals surface area contributed by atoms with Crippen molar-refractivity contribution in [2.24, 2.45) is 17.5 Å². The number of amides is 1. The van der Waals surface area contributed by atoms with Gasteiger partial charge in [-0.25, -0.2) is 24.6 Å². The number of rotatable bonds is 9. The van der Waals surface area contributed by atoms with Gasteiger partial charge in [0, 0.05) is 30.3 Å². The third kappa shape index (κ3) is 6.26. The predicted molar refractivity (Wildman–Crippen MR) is 158 cm³/mol. The van der Waals surface area contributed by atoms with Gasteiger partial charge in [0.05, 0.1) is 30.6 Å². The van der Waals surface area contributed by atoms with Crippen molar-refractivity contribution in [3.63, 3.8) is 0 Å². The summed E-state index contributed by atoms with van der Waals surface area (Å²) in [6, 6.07) is 6.91. The van der Waals surface area contributed by atoms with Crippen LogP contribution in [-0.2, 0) is 4.79 Å². The number of nitrogens with zero attached hydrogens (tertiary/aromatic N) is 4. The van der Waals surface area contributed by atoms with E-state index < -0.39 is 12.2 Å². The minimum Gasteiger partial charge on any atom is -0.494 e. The van der Waals surface area contributed by atoms with E-state index in [9.17, 15) is 13.6 Å². The maximum Gasteiger partial charge on any atom is 0.295 e. The summed E-state index contributed by atoms with van der Waals surface area (Å²) in [5, 5.41) is 7.44. The molecule has 1 saturated carbocycles. The molecule has 38 heavy (non-hydrogen) atoms. The lowest BCUT2D eigenvalue weighted by Crippen LogP contribution is -2.26. The number of methoxy groups -OCH3 is 1. The number of benzene rings is 1. The fourth-order valence-corrected chi connectivity index (χ4v) is 5.52. The van der Waals surface area contributed by atoms with Crippen LogP contribution in [0.4, 0.5) is 26.0 Å². The molecule has 0 spiro atoms. The number of carbonyl (C=O) groups excluding carboxylic acids is 1. The van der Waals surface area contributed by atoms with Gasteiger partial charge in [-0.05, 0) is 53.9 Å². The molecule has 6 N–H and O–H groups in total. The fourth-order valence-electron chi connectivity index (χ4n) is 3.62. The first-order valence-electron chi connectivity index (χ1n) is 11.9. The molecule has 1 fully saturated rings. The predicted octanol–water partition coefficient (Wildman–Crippen LogP) is 5.74. The second kappa shape index (κ2) is 12.9. The van der Waals surface area contributed by atoms with Gasteiger partial charge < -0.3 is 26.1 Å². The molecule has 1 unspecified atom stereocenters. The Kier molecular flexibility index (Phi) is 10.1. The average molecular weight is 660 g/mol. The molecule has 0 saturated heterocycles. The number of para-hydroxylation sites is 1. The molecular weight excluding hydrogens is 628 g/mol. The lowest BCUT2D eigenvalue weighted by atomic mass is 10.1. The van der Waals surface area contributed by atoms with Crippen LogP contribution in [0.2, 0.25) is 0 Å². The van der Waals surface area contributed by atoms with E-state index in [0.717, 1.165) is 12.8 Å². The zero-order valence-electron chi connectivity index (χ0n) is 21.8. The molecule has 2 heterocycles. The summed E-state index contributed by atoms with van der Waals surface area (Å²) in [5.74, 6) is 5.92. The highest BCUT2D eigenvalue weighted by Gasteiger charge is 2.30. The Morgan fingerprint density at radius 1 is 1.29 bits per heavy atom. The van der Waals surface area contributed by atoms with Gasteiger partial charge in [0.15, 0.2) is 17.2 Å². The third-order valence-electron chi connectivity index (χ3n) is 5.82. The molecule has 10 nitrogen and oxygen atoms in total. The highest BCUT2D eigenvalue weighted by atomic mass is 127. The topological polar surface area (TPSA) is 136 Å². The van der Waals surface area contributed by atoms with E-state index in [1.54, 1.807) is 38.2 Å². The molecule has 14 heteroatoms. The molecule has 0 radical (unpaired) electrons. The molecule has 1 amide bonds. The first-order valence-corrected chi connectivity index (χ1v) is 16.0. The molecule has 0 bridgehead atoms. The van der Waals surface area contributed by atoms with Crippen molar-refractivity contribution in [1.82, 2.24) is 19.3 Å². The molecule has 3 aromatic rings. The van der Waals surface area contributed by atoms with Crippen LogP contribution < -0.4 is 26.9 Å². The normalized spacial score (nSPS) is 13.8. The maximum atomic E-state index is 13.8. The van der Waals surface area contributed by atoms with Crippen molar-refractivity contribution in [3.8, 4) is 5.75 Å². The van der Waals surface area contributed by atoms with Crippen LogP contribution in [0, 0.1) is 5.92 Å². The van der Waals surface area contributed by atoms with Crippen molar-refractivity contribution in [1.29, 1.82) is 0 Å². The summed E-state index contributed by atoms with van der Waals surface area (Å²) in [4.78, 5) is 21.1. The summed E-state index contributed by atoms with van der Waals surface area (Å²) >= 11 is 2.00. The molecular formula is C24H32F2IN8O2P. The van der Waals surface area contributed by atoms with Gasteiger partial charge in [0.2, 0.25) is 5.91 Å². The molecule has 1 aromatic carbocycles. The van der Waals surface area contributed by atoms with Crippen LogP contribution in [0.25, 0.3) is 16.9 Å². The van der Waals surface area contributed by atoms with Gasteiger partial charge in [-0.3, -0.25) is 9.13 Å². The number of imidazole rings is 1. The number of anilines is 3. The van der Waals surface area contributed by atoms with Crippen LogP contribution in [0.15, 0.2) is 30.0 Å². The lowest BCUT2D eigenvalue weighted by molar-refractivity contribution is -0.117. The van der Waals surface area contributed by atoms with Crippen LogP contribution >= 0.6 is 28.4 Å². The Hall–Kier alpha value is -2.77. The van der Waals surface area contributed by atoms with Crippen molar-refractivity contribution in [3.05, 3.63) is 41.4 Å². The third-order valence-corrected chi connectivity index (χ3v) is 7.88.